The van der Waals surface area contributed by atoms with E-state index in [2.05, 4.69) is 27.7 Å². The number of urea groups is 1. The normalized spacial score (nSPS) is 15.1. The summed E-state index contributed by atoms with van der Waals surface area (Å²) in [4.78, 5) is 28.7. The molecule has 0 saturated carbocycles. The molecule has 0 spiro atoms. The van der Waals surface area contributed by atoms with Crippen molar-refractivity contribution in [3.05, 3.63) is 65.2 Å². The highest BCUT2D eigenvalue weighted by molar-refractivity contribution is 6.30. The Morgan fingerprint density at radius 1 is 1.00 bits per heavy atom. The van der Waals surface area contributed by atoms with E-state index in [1.807, 2.05) is 30.3 Å². The number of carbonyl (C=O) groups is 2. The molecule has 1 aliphatic rings. The van der Waals surface area contributed by atoms with Gasteiger partial charge in [-0.05, 0) is 36.8 Å². The maximum absolute atomic E-state index is 12.5. The van der Waals surface area contributed by atoms with E-state index >= 15 is 0 Å². The zero-order valence-electron chi connectivity index (χ0n) is 15.9. The van der Waals surface area contributed by atoms with Crippen molar-refractivity contribution in [3.63, 3.8) is 0 Å². The standard InChI is InChI=1S/C21H25ClN4O2/c1-16(20(27)23-15-17-7-9-18(22)10-8-17)24-21(28)26-13-11-25(12-14-26)19-5-3-2-4-6-19/h2-10,16H,11-15H2,1H3,(H,23,27)(H,24,28)/t16-/m1/s1. The summed E-state index contributed by atoms with van der Waals surface area (Å²) in [6.07, 6.45) is 0. The van der Waals surface area contributed by atoms with Gasteiger partial charge in [0.15, 0.2) is 0 Å². The smallest absolute Gasteiger partial charge is 0.318 e. The number of hydrogen-bond donors (Lipinski definition) is 2. The third-order valence-corrected chi connectivity index (χ3v) is 5.05. The van der Waals surface area contributed by atoms with Crippen molar-refractivity contribution in [3.8, 4) is 0 Å². The minimum absolute atomic E-state index is 0.207. The Bertz CT molecular complexity index is 790. The number of halogens is 1. The molecule has 0 aromatic heterocycles. The van der Waals surface area contributed by atoms with Gasteiger partial charge >= 0.3 is 6.03 Å². The molecule has 1 heterocycles. The van der Waals surface area contributed by atoms with Crippen molar-refractivity contribution >= 4 is 29.2 Å². The molecule has 0 unspecified atom stereocenters. The first-order chi connectivity index (χ1) is 13.5. The lowest BCUT2D eigenvalue weighted by atomic mass is 10.2. The van der Waals surface area contributed by atoms with E-state index in [-0.39, 0.29) is 11.9 Å². The number of anilines is 1. The summed E-state index contributed by atoms with van der Waals surface area (Å²) in [6, 6.07) is 16.6. The van der Waals surface area contributed by atoms with E-state index in [1.165, 1.54) is 0 Å². The maximum Gasteiger partial charge on any atom is 0.318 e. The highest BCUT2D eigenvalue weighted by atomic mass is 35.5. The predicted molar refractivity (Wildman–Crippen MR) is 112 cm³/mol. The van der Waals surface area contributed by atoms with Crippen LogP contribution in [0.15, 0.2) is 54.6 Å². The van der Waals surface area contributed by atoms with Crippen molar-refractivity contribution in [1.82, 2.24) is 15.5 Å². The molecule has 1 aliphatic heterocycles. The molecule has 148 valence electrons. The number of benzene rings is 2. The highest BCUT2D eigenvalue weighted by Crippen LogP contribution is 2.15. The maximum atomic E-state index is 12.5. The molecule has 7 heteroatoms. The van der Waals surface area contributed by atoms with Gasteiger partial charge in [-0.1, -0.05) is 41.9 Å². The third kappa shape index (κ3) is 5.39. The fraction of sp³-hybridized carbons (Fsp3) is 0.333. The van der Waals surface area contributed by atoms with Crippen LogP contribution in [0.2, 0.25) is 5.02 Å². The summed E-state index contributed by atoms with van der Waals surface area (Å²) in [5.41, 5.74) is 2.12. The molecule has 2 aromatic rings. The second-order valence-electron chi connectivity index (χ2n) is 6.83. The summed E-state index contributed by atoms with van der Waals surface area (Å²) >= 11 is 5.86. The molecule has 3 amide bonds. The summed E-state index contributed by atoms with van der Waals surface area (Å²) < 4.78 is 0. The van der Waals surface area contributed by atoms with E-state index in [1.54, 1.807) is 24.0 Å². The topological polar surface area (TPSA) is 64.7 Å². The summed E-state index contributed by atoms with van der Waals surface area (Å²) in [5, 5.41) is 6.27. The van der Waals surface area contributed by atoms with Crippen molar-refractivity contribution in [1.29, 1.82) is 0 Å². The molecule has 0 aliphatic carbocycles. The summed E-state index contributed by atoms with van der Waals surface area (Å²) in [7, 11) is 0. The van der Waals surface area contributed by atoms with E-state index < -0.39 is 6.04 Å². The van der Waals surface area contributed by atoms with Crippen LogP contribution in [0.25, 0.3) is 0 Å². The second kappa shape index (κ2) is 9.46. The Balaban J connectivity index is 1.42. The zero-order valence-corrected chi connectivity index (χ0v) is 16.7. The average Bonchev–Trinajstić information content (AvgIpc) is 2.73. The van der Waals surface area contributed by atoms with E-state index in [9.17, 15) is 9.59 Å². The zero-order chi connectivity index (χ0) is 19.9. The number of amides is 3. The number of hydrogen-bond acceptors (Lipinski definition) is 3. The lowest BCUT2D eigenvalue weighted by Crippen LogP contribution is -2.55. The van der Waals surface area contributed by atoms with Gasteiger partial charge in [-0.15, -0.1) is 0 Å². The van der Waals surface area contributed by atoms with Crippen LogP contribution in [0.5, 0.6) is 0 Å². The third-order valence-electron chi connectivity index (χ3n) is 4.80. The molecule has 0 radical (unpaired) electrons. The molecule has 28 heavy (non-hydrogen) atoms. The van der Waals surface area contributed by atoms with Crippen LogP contribution in [0.3, 0.4) is 0 Å². The predicted octanol–water partition coefficient (Wildman–Crippen LogP) is 2.88. The molecule has 1 saturated heterocycles. The van der Waals surface area contributed by atoms with Gasteiger partial charge < -0.3 is 20.4 Å². The number of rotatable bonds is 5. The fourth-order valence-corrected chi connectivity index (χ4v) is 3.22. The van der Waals surface area contributed by atoms with Gasteiger partial charge in [0.05, 0.1) is 0 Å². The molecule has 1 atom stereocenters. The highest BCUT2D eigenvalue weighted by Gasteiger charge is 2.24. The van der Waals surface area contributed by atoms with Gasteiger partial charge in [0, 0.05) is 43.4 Å². The van der Waals surface area contributed by atoms with Crippen molar-refractivity contribution < 1.29 is 9.59 Å². The Hall–Kier alpha value is -2.73. The van der Waals surface area contributed by atoms with E-state index in [0.29, 0.717) is 24.7 Å². The van der Waals surface area contributed by atoms with Crippen molar-refractivity contribution in [2.45, 2.75) is 19.5 Å². The minimum Gasteiger partial charge on any atom is -0.368 e. The first-order valence-electron chi connectivity index (χ1n) is 9.40. The van der Waals surface area contributed by atoms with Crippen LogP contribution in [0.4, 0.5) is 10.5 Å². The largest absolute Gasteiger partial charge is 0.368 e. The van der Waals surface area contributed by atoms with Crippen LogP contribution in [-0.2, 0) is 11.3 Å². The SMILES string of the molecule is C[C@@H](NC(=O)N1CCN(c2ccccc2)CC1)C(=O)NCc1ccc(Cl)cc1. The lowest BCUT2D eigenvalue weighted by molar-refractivity contribution is -0.122. The quantitative estimate of drug-likeness (QED) is 0.811. The van der Waals surface area contributed by atoms with Crippen molar-refractivity contribution in [2.75, 3.05) is 31.1 Å². The van der Waals surface area contributed by atoms with Crippen LogP contribution in [-0.4, -0.2) is 49.1 Å². The average molecular weight is 401 g/mol. The van der Waals surface area contributed by atoms with E-state index in [4.69, 9.17) is 11.6 Å². The van der Waals surface area contributed by atoms with E-state index in [0.717, 1.165) is 24.3 Å². The number of piperazine rings is 1. The fourth-order valence-electron chi connectivity index (χ4n) is 3.09. The Kier molecular flexibility index (Phi) is 6.76. The number of para-hydroxylation sites is 1. The molecular formula is C21H25ClN4O2. The molecule has 1 fully saturated rings. The Labute approximate surface area is 170 Å². The first-order valence-corrected chi connectivity index (χ1v) is 9.78. The van der Waals surface area contributed by atoms with Crippen molar-refractivity contribution in [2.24, 2.45) is 0 Å². The van der Waals surface area contributed by atoms with Gasteiger partial charge in [-0.25, -0.2) is 4.79 Å². The number of carbonyl (C=O) groups excluding carboxylic acids is 2. The lowest BCUT2D eigenvalue weighted by Gasteiger charge is -2.36. The summed E-state index contributed by atoms with van der Waals surface area (Å²) in [6.45, 7) is 4.88. The monoisotopic (exact) mass is 400 g/mol. The number of nitrogens with one attached hydrogen (secondary N) is 2. The van der Waals surface area contributed by atoms with Crippen LogP contribution in [0.1, 0.15) is 12.5 Å². The van der Waals surface area contributed by atoms with Crippen LogP contribution in [0, 0.1) is 0 Å². The molecule has 2 aromatic carbocycles. The molecule has 3 rings (SSSR count). The van der Waals surface area contributed by atoms with Crippen LogP contribution >= 0.6 is 11.6 Å². The molecule has 2 N–H and O–H groups in total. The van der Waals surface area contributed by atoms with Gasteiger partial charge in [0.25, 0.3) is 0 Å². The first kappa shape index (κ1) is 20.0. The second-order valence-corrected chi connectivity index (χ2v) is 7.26. The Morgan fingerprint density at radius 2 is 1.64 bits per heavy atom. The van der Waals surface area contributed by atoms with Gasteiger partial charge in [0.1, 0.15) is 6.04 Å². The summed E-state index contributed by atoms with van der Waals surface area (Å²) in [5.74, 6) is -0.216. The minimum atomic E-state index is -0.605. The van der Waals surface area contributed by atoms with Gasteiger partial charge in [0.2, 0.25) is 5.91 Å². The van der Waals surface area contributed by atoms with Gasteiger partial charge in [-0.2, -0.15) is 0 Å². The Morgan fingerprint density at radius 3 is 2.29 bits per heavy atom. The molecule has 6 nitrogen and oxygen atoms in total. The number of nitrogens with zero attached hydrogens (tertiary/aromatic N) is 2. The van der Waals surface area contributed by atoms with Crippen LogP contribution < -0.4 is 15.5 Å². The molecule has 0 bridgehead atoms. The van der Waals surface area contributed by atoms with Gasteiger partial charge in [-0.3, -0.25) is 4.79 Å². The molecular weight excluding hydrogens is 376 g/mol.